The summed E-state index contributed by atoms with van der Waals surface area (Å²) < 4.78 is 0. The summed E-state index contributed by atoms with van der Waals surface area (Å²) in [5.41, 5.74) is 4.67. The summed E-state index contributed by atoms with van der Waals surface area (Å²) in [5, 5.41) is 2.97. The number of carbonyl (C=O) groups is 1. The van der Waals surface area contributed by atoms with Gasteiger partial charge >= 0.3 is 0 Å². The molecule has 0 saturated heterocycles. The van der Waals surface area contributed by atoms with Crippen LogP contribution < -0.4 is 10.2 Å². The molecule has 1 amide bonds. The van der Waals surface area contributed by atoms with Gasteiger partial charge in [-0.05, 0) is 48.6 Å². The van der Waals surface area contributed by atoms with Crippen LogP contribution in [0.5, 0.6) is 0 Å². The SMILES string of the molecule is CN(C)c1ccc(CCCC2C(=O)Nc3ccccc32)cc1. The van der Waals surface area contributed by atoms with Gasteiger partial charge < -0.3 is 10.2 Å². The molecule has 0 fully saturated rings. The Bertz CT molecular complexity index is 661. The molecule has 1 aliphatic heterocycles. The van der Waals surface area contributed by atoms with E-state index < -0.39 is 0 Å². The summed E-state index contributed by atoms with van der Waals surface area (Å²) in [6.07, 6.45) is 2.94. The van der Waals surface area contributed by atoms with Gasteiger partial charge in [0.1, 0.15) is 0 Å². The molecular formula is C19H22N2O. The summed E-state index contributed by atoms with van der Waals surface area (Å²) in [6, 6.07) is 16.7. The van der Waals surface area contributed by atoms with Gasteiger partial charge in [-0.15, -0.1) is 0 Å². The lowest BCUT2D eigenvalue weighted by Gasteiger charge is -2.13. The van der Waals surface area contributed by atoms with Crippen molar-refractivity contribution in [2.75, 3.05) is 24.3 Å². The van der Waals surface area contributed by atoms with Crippen molar-refractivity contribution in [1.82, 2.24) is 0 Å². The van der Waals surface area contributed by atoms with Gasteiger partial charge in [0.05, 0.1) is 5.92 Å². The Balaban J connectivity index is 1.58. The highest BCUT2D eigenvalue weighted by Gasteiger charge is 2.29. The van der Waals surface area contributed by atoms with Gasteiger partial charge in [-0.1, -0.05) is 30.3 Å². The van der Waals surface area contributed by atoms with Crippen LogP contribution >= 0.6 is 0 Å². The van der Waals surface area contributed by atoms with Crippen molar-refractivity contribution in [2.45, 2.75) is 25.2 Å². The number of hydrogen-bond acceptors (Lipinski definition) is 2. The smallest absolute Gasteiger partial charge is 0.232 e. The predicted octanol–water partition coefficient (Wildman–Crippen LogP) is 3.81. The number of rotatable bonds is 5. The molecule has 1 N–H and O–H groups in total. The second-order valence-electron chi connectivity index (χ2n) is 6.08. The van der Waals surface area contributed by atoms with E-state index in [0.717, 1.165) is 30.5 Å². The quantitative estimate of drug-likeness (QED) is 0.909. The van der Waals surface area contributed by atoms with Crippen LogP contribution in [0.1, 0.15) is 29.9 Å². The number of hydrogen-bond donors (Lipinski definition) is 1. The second-order valence-corrected chi connectivity index (χ2v) is 6.08. The molecule has 114 valence electrons. The number of fused-ring (bicyclic) bond motifs is 1. The van der Waals surface area contributed by atoms with Crippen LogP contribution in [-0.2, 0) is 11.2 Å². The van der Waals surface area contributed by atoms with Crippen LogP contribution in [-0.4, -0.2) is 20.0 Å². The number of amides is 1. The van der Waals surface area contributed by atoms with Crippen molar-refractivity contribution in [3.05, 3.63) is 59.7 Å². The minimum atomic E-state index is 0.0113. The molecule has 2 aromatic carbocycles. The maximum atomic E-state index is 12.1. The molecule has 0 saturated carbocycles. The molecule has 1 heterocycles. The van der Waals surface area contributed by atoms with Crippen LogP contribution in [0.25, 0.3) is 0 Å². The molecule has 22 heavy (non-hydrogen) atoms. The van der Waals surface area contributed by atoms with Crippen LogP contribution in [0.2, 0.25) is 0 Å². The minimum Gasteiger partial charge on any atom is -0.378 e. The molecule has 2 aromatic rings. The fourth-order valence-electron chi connectivity index (χ4n) is 3.03. The standard InChI is InChI=1S/C19H22N2O/c1-21(2)15-12-10-14(11-13-15)6-5-8-17-16-7-3-4-9-18(16)20-19(17)22/h3-4,7,9-13,17H,5-6,8H2,1-2H3,(H,20,22). The van der Waals surface area contributed by atoms with Gasteiger partial charge in [0.2, 0.25) is 5.91 Å². The number of benzene rings is 2. The molecule has 0 spiro atoms. The van der Waals surface area contributed by atoms with E-state index in [1.807, 2.05) is 32.3 Å². The first kappa shape index (κ1) is 14.6. The van der Waals surface area contributed by atoms with E-state index in [-0.39, 0.29) is 11.8 Å². The average molecular weight is 294 g/mol. The monoisotopic (exact) mass is 294 g/mol. The van der Waals surface area contributed by atoms with Crippen LogP contribution in [0.4, 0.5) is 11.4 Å². The van der Waals surface area contributed by atoms with Gasteiger partial charge in [-0.25, -0.2) is 0 Å². The van der Waals surface area contributed by atoms with Gasteiger partial charge in [-0.3, -0.25) is 4.79 Å². The Morgan fingerprint density at radius 2 is 1.77 bits per heavy atom. The van der Waals surface area contributed by atoms with E-state index in [9.17, 15) is 4.79 Å². The van der Waals surface area contributed by atoms with Crippen molar-refractivity contribution in [2.24, 2.45) is 0 Å². The highest BCUT2D eigenvalue weighted by molar-refractivity contribution is 6.02. The zero-order valence-corrected chi connectivity index (χ0v) is 13.2. The summed E-state index contributed by atoms with van der Waals surface area (Å²) in [4.78, 5) is 14.2. The number of aryl methyl sites for hydroxylation is 1. The molecule has 3 rings (SSSR count). The number of carbonyl (C=O) groups excluding carboxylic acids is 1. The third-order valence-electron chi connectivity index (χ3n) is 4.32. The van der Waals surface area contributed by atoms with Crippen LogP contribution in [0.3, 0.4) is 0 Å². The van der Waals surface area contributed by atoms with Crippen molar-refractivity contribution in [3.63, 3.8) is 0 Å². The van der Waals surface area contributed by atoms with E-state index in [4.69, 9.17) is 0 Å². The molecule has 3 nitrogen and oxygen atoms in total. The maximum Gasteiger partial charge on any atom is 0.232 e. The Hall–Kier alpha value is -2.29. The van der Waals surface area contributed by atoms with Crippen LogP contribution in [0, 0.1) is 0 Å². The Kier molecular flexibility index (Phi) is 4.14. The summed E-state index contributed by atoms with van der Waals surface area (Å²) in [6.45, 7) is 0. The highest BCUT2D eigenvalue weighted by Crippen LogP contribution is 2.35. The summed E-state index contributed by atoms with van der Waals surface area (Å²) in [5.74, 6) is 0.154. The number of para-hydroxylation sites is 1. The lowest BCUT2D eigenvalue weighted by molar-refractivity contribution is -0.117. The Morgan fingerprint density at radius 3 is 2.50 bits per heavy atom. The van der Waals surface area contributed by atoms with Gasteiger partial charge in [0.25, 0.3) is 0 Å². The predicted molar refractivity (Wildman–Crippen MR) is 91.5 cm³/mol. The summed E-state index contributed by atoms with van der Waals surface area (Å²) >= 11 is 0. The third kappa shape index (κ3) is 2.98. The van der Waals surface area contributed by atoms with Gasteiger partial charge in [0, 0.05) is 25.5 Å². The lowest BCUT2D eigenvalue weighted by Crippen LogP contribution is -2.12. The summed E-state index contributed by atoms with van der Waals surface area (Å²) in [7, 11) is 4.09. The second kappa shape index (κ2) is 6.22. The van der Waals surface area contributed by atoms with Crippen molar-refractivity contribution >= 4 is 17.3 Å². The zero-order chi connectivity index (χ0) is 15.5. The van der Waals surface area contributed by atoms with E-state index in [1.165, 1.54) is 11.3 Å². The molecule has 0 aliphatic carbocycles. The van der Waals surface area contributed by atoms with Crippen molar-refractivity contribution in [1.29, 1.82) is 0 Å². The number of anilines is 2. The van der Waals surface area contributed by atoms with E-state index in [1.54, 1.807) is 0 Å². The molecule has 1 aliphatic rings. The van der Waals surface area contributed by atoms with Crippen molar-refractivity contribution in [3.8, 4) is 0 Å². The third-order valence-corrected chi connectivity index (χ3v) is 4.32. The number of nitrogens with zero attached hydrogens (tertiary/aromatic N) is 1. The van der Waals surface area contributed by atoms with Crippen LogP contribution in [0.15, 0.2) is 48.5 Å². The highest BCUT2D eigenvalue weighted by atomic mass is 16.2. The average Bonchev–Trinajstić information content (AvgIpc) is 2.84. The molecule has 3 heteroatoms. The van der Waals surface area contributed by atoms with E-state index in [2.05, 4.69) is 40.5 Å². The first-order valence-corrected chi connectivity index (χ1v) is 7.81. The topological polar surface area (TPSA) is 32.3 Å². The molecule has 1 atom stereocenters. The number of nitrogens with one attached hydrogen (secondary N) is 1. The largest absolute Gasteiger partial charge is 0.378 e. The maximum absolute atomic E-state index is 12.1. The molecule has 0 bridgehead atoms. The van der Waals surface area contributed by atoms with Gasteiger partial charge in [0.15, 0.2) is 0 Å². The fourth-order valence-corrected chi connectivity index (χ4v) is 3.03. The normalized spacial score (nSPS) is 16.3. The van der Waals surface area contributed by atoms with E-state index >= 15 is 0 Å². The molecule has 0 aromatic heterocycles. The van der Waals surface area contributed by atoms with Gasteiger partial charge in [-0.2, -0.15) is 0 Å². The zero-order valence-electron chi connectivity index (χ0n) is 13.2. The first-order chi connectivity index (χ1) is 10.6. The first-order valence-electron chi connectivity index (χ1n) is 7.81. The minimum absolute atomic E-state index is 0.0113. The molecule has 1 unspecified atom stereocenters. The van der Waals surface area contributed by atoms with E-state index in [0.29, 0.717) is 0 Å². The Morgan fingerprint density at radius 1 is 1.05 bits per heavy atom. The Labute approximate surface area is 132 Å². The lowest BCUT2D eigenvalue weighted by atomic mass is 9.94. The molecule has 0 radical (unpaired) electrons. The molecular weight excluding hydrogens is 272 g/mol. The fraction of sp³-hybridized carbons (Fsp3) is 0.316. The van der Waals surface area contributed by atoms with Crippen molar-refractivity contribution < 1.29 is 4.79 Å².